The molecule has 0 saturated heterocycles. The zero-order valence-corrected chi connectivity index (χ0v) is 25.5. The normalized spacial score (nSPS) is 11.4. The molecule has 0 unspecified atom stereocenters. The van der Waals surface area contributed by atoms with Crippen LogP contribution in [0.4, 0.5) is 0 Å². The summed E-state index contributed by atoms with van der Waals surface area (Å²) in [5.74, 6) is 0. The van der Waals surface area contributed by atoms with Crippen molar-refractivity contribution in [3.05, 3.63) is 88.0 Å². The van der Waals surface area contributed by atoms with Crippen LogP contribution in [0.25, 0.3) is 0 Å². The van der Waals surface area contributed by atoms with E-state index in [4.69, 9.17) is 0 Å². The maximum absolute atomic E-state index is 2.50. The number of benzene rings is 3. The van der Waals surface area contributed by atoms with Crippen LogP contribution in [-0.2, 0) is 25.7 Å². The van der Waals surface area contributed by atoms with E-state index >= 15 is 0 Å². The highest BCUT2D eigenvalue weighted by Crippen LogP contribution is 2.39. The fraction of sp³-hybridized carbons (Fsp3) is 0.500. The van der Waals surface area contributed by atoms with E-state index in [0.717, 1.165) is 0 Å². The molecule has 0 atom stereocenters. The van der Waals surface area contributed by atoms with E-state index in [1.807, 2.05) is 0 Å². The fourth-order valence-corrected chi connectivity index (χ4v) is 8.56. The van der Waals surface area contributed by atoms with Crippen LogP contribution in [0.1, 0.15) is 112 Å². The zero-order chi connectivity index (χ0) is 26.6. The summed E-state index contributed by atoms with van der Waals surface area (Å²) >= 11 is 0. The molecule has 0 N–H and O–H groups in total. The van der Waals surface area contributed by atoms with Gasteiger partial charge in [0.1, 0.15) is 0 Å². The van der Waals surface area contributed by atoms with Crippen LogP contribution in [0.15, 0.2) is 54.6 Å². The minimum absolute atomic E-state index is 0.620. The van der Waals surface area contributed by atoms with Crippen molar-refractivity contribution in [1.82, 2.24) is 0 Å². The molecule has 37 heavy (non-hydrogen) atoms. The van der Waals surface area contributed by atoms with E-state index in [2.05, 4.69) is 96.1 Å². The van der Waals surface area contributed by atoms with Gasteiger partial charge in [0.15, 0.2) is 0 Å². The Morgan fingerprint density at radius 1 is 0.486 bits per heavy atom. The van der Waals surface area contributed by atoms with E-state index in [0.29, 0.717) is 0 Å². The number of aryl methyl sites for hydroxylation is 3. The molecule has 3 aromatic rings. The molecular weight excluding hydrogens is 463 g/mol. The highest BCUT2D eigenvalue weighted by atomic mass is 31.1. The first-order chi connectivity index (χ1) is 18.1. The standard InChI is InChI=1S/C36H51P/c1-7-11-19-30-21-16-26-35(32(30)23-13-9-3)37(34-25-15-18-28(5)29(34)6)36-27-17-22-31(20-12-8-2)33(36)24-14-10-4/h15-18,21-22,25-27H,7-14,19-20,23-24H2,1-6H3. The lowest BCUT2D eigenvalue weighted by Gasteiger charge is -2.29. The van der Waals surface area contributed by atoms with Gasteiger partial charge in [0.25, 0.3) is 0 Å². The third kappa shape index (κ3) is 7.57. The average molecular weight is 515 g/mol. The first kappa shape index (κ1) is 29.6. The molecular formula is C36H51P. The Morgan fingerprint density at radius 3 is 1.35 bits per heavy atom. The van der Waals surface area contributed by atoms with Crippen molar-refractivity contribution >= 4 is 23.8 Å². The van der Waals surface area contributed by atoms with Gasteiger partial charge in [0, 0.05) is 0 Å². The number of rotatable bonds is 15. The zero-order valence-electron chi connectivity index (χ0n) is 24.6. The molecule has 0 aliphatic heterocycles. The molecule has 0 bridgehead atoms. The number of hydrogen-bond acceptors (Lipinski definition) is 0. The lowest BCUT2D eigenvalue weighted by molar-refractivity contribution is 0.760. The van der Waals surface area contributed by atoms with Crippen LogP contribution in [-0.4, -0.2) is 0 Å². The first-order valence-corrected chi connectivity index (χ1v) is 16.5. The summed E-state index contributed by atoms with van der Waals surface area (Å²) in [7, 11) is -0.620. The Hall–Kier alpha value is -1.91. The van der Waals surface area contributed by atoms with E-state index in [1.54, 1.807) is 38.2 Å². The van der Waals surface area contributed by atoms with Crippen LogP contribution < -0.4 is 15.9 Å². The van der Waals surface area contributed by atoms with Crippen LogP contribution in [0.3, 0.4) is 0 Å². The second-order valence-corrected chi connectivity index (χ2v) is 12.9. The van der Waals surface area contributed by atoms with Gasteiger partial charge in [-0.2, -0.15) is 0 Å². The molecule has 0 radical (unpaired) electrons. The van der Waals surface area contributed by atoms with Crippen molar-refractivity contribution < 1.29 is 0 Å². The van der Waals surface area contributed by atoms with Crippen molar-refractivity contribution in [3.8, 4) is 0 Å². The second kappa shape index (κ2) is 15.5. The third-order valence-electron chi connectivity index (χ3n) is 7.96. The molecule has 0 nitrogen and oxygen atoms in total. The first-order valence-electron chi connectivity index (χ1n) is 15.1. The predicted octanol–water partition coefficient (Wildman–Crippen LogP) is 9.43. The van der Waals surface area contributed by atoms with Gasteiger partial charge in [0.05, 0.1) is 0 Å². The summed E-state index contributed by atoms with van der Waals surface area (Å²) in [5, 5.41) is 4.80. The van der Waals surface area contributed by atoms with Gasteiger partial charge in [-0.15, -0.1) is 0 Å². The summed E-state index contributed by atoms with van der Waals surface area (Å²) < 4.78 is 0. The van der Waals surface area contributed by atoms with Crippen LogP contribution in [0.2, 0.25) is 0 Å². The van der Waals surface area contributed by atoms with Gasteiger partial charge in [-0.25, -0.2) is 0 Å². The highest BCUT2D eigenvalue weighted by molar-refractivity contribution is 7.80. The molecule has 0 aliphatic rings. The Labute approximate surface area is 230 Å². The van der Waals surface area contributed by atoms with E-state index in [9.17, 15) is 0 Å². The van der Waals surface area contributed by atoms with Crippen molar-refractivity contribution in [2.75, 3.05) is 0 Å². The quantitative estimate of drug-likeness (QED) is 0.177. The van der Waals surface area contributed by atoms with Crippen molar-refractivity contribution in [2.24, 2.45) is 0 Å². The Bertz CT molecular complexity index is 1050. The van der Waals surface area contributed by atoms with E-state index < -0.39 is 7.92 Å². The van der Waals surface area contributed by atoms with E-state index in [1.165, 1.54) is 88.2 Å². The van der Waals surface area contributed by atoms with Crippen molar-refractivity contribution in [2.45, 2.75) is 119 Å². The largest absolute Gasteiger partial charge is 0.0654 e. The van der Waals surface area contributed by atoms with Gasteiger partial charge < -0.3 is 0 Å². The molecule has 0 aromatic heterocycles. The summed E-state index contributed by atoms with van der Waals surface area (Å²) in [4.78, 5) is 0. The Morgan fingerprint density at radius 2 is 0.892 bits per heavy atom. The van der Waals surface area contributed by atoms with Crippen LogP contribution in [0.5, 0.6) is 0 Å². The van der Waals surface area contributed by atoms with Crippen molar-refractivity contribution in [1.29, 1.82) is 0 Å². The molecule has 3 rings (SSSR count). The highest BCUT2D eigenvalue weighted by Gasteiger charge is 2.26. The summed E-state index contributed by atoms with van der Waals surface area (Å²) in [6.07, 6.45) is 14.9. The minimum Gasteiger partial charge on any atom is -0.0654 e. The molecule has 0 amide bonds. The summed E-state index contributed by atoms with van der Waals surface area (Å²) in [6, 6.07) is 21.6. The topological polar surface area (TPSA) is 0 Å². The number of unbranched alkanes of at least 4 members (excludes halogenated alkanes) is 4. The second-order valence-electron chi connectivity index (χ2n) is 10.8. The molecule has 200 valence electrons. The molecule has 1 heteroatoms. The summed E-state index contributed by atoms with van der Waals surface area (Å²) in [6.45, 7) is 14.0. The summed E-state index contributed by atoms with van der Waals surface area (Å²) in [5.41, 5.74) is 9.41. The minimum atomic E-state index is -0.620. The van der Waals surface area contributed by atoms with Crippen molar-refractivity contribution in [3.63, 3.8) is 0 Å². The van der Waals surface area contributed by atoms with Crippen LogP contribution in [0, 0.1) is 13.8 Å². The molecule has 0 aliphatic carbocycles. The molecule has 3 aromatic carbocycles. The lowest BCUT2D eigenvalue weighted by atomic mass is 9.97. The molecule has 0 spiro atoms. The Kier molecular flexibility index (Phi) is 12.4. The third-order valence-corrected chi connectivity index (χ3v) is 10.7. The van der Waals surface area contributed by atoms with Gasteiger partial charge in [-0.1, -0.05) is 108 Å². The maximum Gasteiger partial charge on any atom is -0.0116 e. The van der Waals surface area contributed by atoms with E-state index in [-0.39, 0.29) is 0 Å². The molecule has 0 fully saturated rings. The van der Waals surface area contributed by atoms with Gasteiger partial charge in [-0.05, 0) is 122 Å². The monoisotopic (exact) mass is 514 g/mol. The molecule has 0 saturated carbocycles. The molecule has 0 heterocycles. The average Bonchev–Trinajstić information content (AvgIpc) is 2.91. The van der Waals surface area contributed by atoms with Gasteiger partial charge >= 0.3 is 0 Å². The Balaban J connectivity index is 2.32. The van der Waals surface area contributed by atoms with Gasteiger partial charge in [-0.3, -0.25) is 0 Å². The lowest BCUT2D eigenvalue weighted by Crippen LogP contribution is -2.29. The SMILES string of the molecule is CCCCc1cccc(P(c2cccc(C)c2C)c2cccc(CCCC)c2CCCC)c1CCCC. The predicted molar refractivity (Wildman–Crippen MR) is 169 cm³/mol. The van der Waals surface area contributed by atoms with Crippen LogP contribution >= 0.6 is 7.92 Å². The number of hydrogen-bond donors (Lipinski definition) is 0. The maximum atomic E-state index is 2.50. The fourth-order valence-electron chi connectivity index (χ4n) is 5.52. The van der Waals surface area contributed by atoms with Gasteiger partial charge in [0.2, 0.25) is 0 Å². The smallest absolute Gasteiger partial charge is 0.0116 e.